The van der Waals surface area contributed by atoms with Gasteiger partial charge in [-0.3, -0.25) is 20.5 Å². The van der Waals surface area contributed by atoms with Gasteiger partial charge < -0.3 is 10.3 Å². The molecule has 0 aromatic carbocycles. The van der Waals surface area contributed by atoms with E-state index in [1.165, 1.54) is 0 Å². The van der Waals surface area contributed by atoms with Crippen LogP contribution in [0.25, 0.3) is 0 Å². The Kier molecular flexibility index (Phi) is 4.57. The number of nitrogens with two attached hydrogens (primary N) is 1. The summed E-state index contributed by atoms with van der Waals surface area (Å²) in [5.41, 5.74) is 4.60. The number of anilines is 1. The van der Waals surface area contributed by atoms with E-state index in [-0.39, 0.29) is 5.91 Å². The fourth-order valence-electron chi connectivity index (χ4n) is 2.59. The molecule has 0 aliphatic carbocycles. The van der Waals surface area contributed by atoms with Crippen molar-refractivity contribution < 1.29 is 4.79 Å². The van der Waals surface area contributed by atoms with Crippen molar-refractivity contribution in [2.24, 2.45) is 5.84 Å². The molecule has 1 aromatic heterocycles. The Morgan fingerprint density at radius 3 is 2.95 bits per heavy atom. The first-order chi connectivity index (χ1) is 9.56. The third kappa shape index (κ3) is 2.91. The van der Waals surface area contributed by atoms with Crippen LogP contribution in [-0.4, -0.2) is 53.4 Å². The van der Waals surface area contributed by atoms with Crippen molar-refractivity contribution in [1.82, 2.24) is 14.8 Å². The van der Waals surface area contributed by atoms with Crippen molar-refractivity contribution in [2.45, 2.75) is 26.3 Å². The van der Waals surface area contributed by atoms with Gasteiger partial charge in [0.2, 0.25) is 0 Å². The molecule has 1 aliphatic heterocycles. The molecular formula is C14H23N5O. The van der Waals surface area contributed by atoms with Gasteiger partial charge in [0, 0.05) is 37.6 Å². The zero-order chi connectivity index (χ0) is 14.7. The number of carbonyl (C=O) groups is 1. The number of amides is 1. The van der Waals surface area contributed by atoms with E-state index >= 15 is 0 Å². The quantitative estimate of drug-likeness (QED) is 0.632. The molecule has 20 heavy (non-hydrogen) atoms. The number of nitrogen functional groups attached to an aromatic ring is 1. The molecule has 1 aliphatic rings. The molecule has 0 saturated carbocycles. The Bertz CT molecular complexity index is 490. The summed E-state index contributed by atoms with van der Waals surface area (Å²) < 4.78 is 0. The fraction of sp³-hybridized carbons (Fsp3) is 0.571. The van der Waals surface area contributed by atoms with Crippen LogP contribution in [0.2, 0.25) is 0 Å². The number of likely N-dealkylation sites (N-methyl/N-ethyl adjacent to an activating group) is 1. The Hall–Kier alpha value is -1.66. The minimum atomic E-state index is -0.00278. The summed E-state index contributed by atoms with van der Waals surface area (Å²) in [6.45, 7) is 6.41. The van der Waals surface area contributed by atoms with Gasteiger partial charge in [0.05, 0.1) is 11.3 Å². The molecular weight excluding hydrogens is 254 g/mol. The van der Waals surface area contributed by atoms with Crippen LogP contribution in [0.1, 0.15) is 29.4 Å². The summed E-state index contributed by atoms with van der Waals surface area (Å²) in [6, 6.07) is 2.21. The van der Waals surface area contributed by atoms with Gasteiger partial charge in [-0.25, -0.2) is 0 Å². The highest BCUT2D eigenvalue weighted by Crippen LogP contribution is 2.19. The molecule has 0 radical (unpaired) electrons. The Morgan fingerprint density at radius 1 is 1.55 bits per heavy atom. The minimum Gasteiger partial charge on any atom is -0.336 e. The molecule has 1 amide bonds. The summed E-state index contributed by atoms with van der Waals surface area (Å²) >= 11 is 0. The first-order valence-electron chi connectivity index (χ1n) is 6.99. The Balaban J connectivity index is 2.19. The second-order valence-corrected chi connectivity index (χ2v) is 5.31. The summed E-state index contributed by atoms with van der Waals surface area (Å²) in [4.78, 5) is 21.0. The molecule has 0 bridgehead atoms. The van der Waals surface area contributed by atoms with Crippen LogP contribution >= 0.6 is 0 Å². The van der Waals surface area contributed by atoms with E-state index in [4.69, 9.17) is 5.84 Å². The second kappa shape index (κ2) is 6.19. The summed E-state index contributed by atoms with van der Waals surface area (Å²) in [5.74, 6) is 5.50. The van der Waals surface area contributed by atoms with Crippen LogP contribution in [0.5, 0.6) is 0 Å². The number of hydrogen-bond acceptors (Lipinski definition) is 5. The maximum absolute atomic E-state index is 12.6. The maximum atomic E-state index is 12.6. The van der Waals surface area contributed by atoms with Gasteiger partial charge >= 0.3 is 0 Å². The van der Waals surface area contributed by atoms with E-state index in [1.807, 2.05) is 11.8 Å². The molecule has 3 N–H and O–H groups in total. The number of aromatic nitrogens is 1. The summed E-state index contributed by atoms with van der Waals surface area (Å²) in [5, 5.41) is 0. The Morgan fingerprint density at radius 2 is 2.30 bits per heavy atom. The molecule has 1 atom stereocenters. The van der Waals surface area contributed by atoms with E-state index in [0.717, 1.165) is 31.7 Å². The molecule has 0 spiro atoms. The lowest BCUT2D eigenvalue weighted by molar-refractivity contribution is 0.0542. The van der Waals surface area contributed by atoms with Crippen molar-refractivity contribution in [3.05, 3.63) is 23.5 Å². The predicted molar refractivity (Wildman–Crippen MR) is 79.4 cm³/mol. The lowest BCUT2D eigenvalue weighted by Gasteiger charge is -2.39. The van der Waals surface area contributed by atoms with Gasteiger partial charge in [-0.2, -0.15) is 0 Å². The molecule has 2 heterocycles. The summed E-state index contributed by atoms with van der Waals surface area (Å²) in [7, 11) is 2.11. The van der Waals surface area contributed by atoms with Crippen LogP contribution < -0.4 is 11.3 Å². The van der Waals surface area contributed by atoms with Crippen molar-refractivity contribution in [1.29, 1.82) is 0 Å². The number of piperazine rings is 1. The van der Waals surface area contributed by atoms with Crippen LogP contribution in [0.3, 0.4) is 0 Å². The molecule has 1 aromatic rings. The van der Waals surface area contributed by atoms with Crippen LogP contribution in [-0.2, 0) is 0 Å². The van der Waals surface area contributed by atoms with Gasteiger partial charge in [0.1, 0.15) is 0 Å². The van der Waals surface area contributed by atoms with E-state index in [0.29, 0.717) is 17.3 Å². The third-order valence-electron chi connectivity index (χ3n) is 3.96. The highest BCUT2D eigenvalue weighted by molar-refractivity contribution is 5.99. The first-order valence-corrected chi connectivity index (χ1v) is 6.99. The lowest BCUT2D eigenvalue weighted by atomic mass is 10.1. The average Bonchev–Trinajstić information content (AvgIpc) is 2.46. The van der Waals surface area contributed by atoms with Gasteiger partial charge in [0.15, 0.2) is 0 Å². The highest BCUT2D eigenvalue weighted by atomic mass is 16.2. The van der Waals surface area contributed by atoms with Crippen molar-refractivity contribution in [3.8, 4) is 0 Å². The van der Waals surface area contributed by atoms with Gasteiger partial charge in [-0.15, -0.1) is 0 Å². The number of hydrazine groups is 1. The zero-order valence-electron chi connectivity index (χ0n) is 12.4. The van der Waals surface area contributed by atoms with Crippen molar-refractivity contribution in [3.63, 3.8) is 0 Å². The van der Waals surface area contributed by atoms with Crippen molar-refractivity contribution in [2.75, 3.05) is 32.1 Å². The van der Waals surface area contributed by atoms with E-state index in [2.05, 4.69) is 29.3 Å². The standard InChI is InChI=1S/C14H23N5O/c1-4-11-9-19(6-5-18(11)3)14(20)12-8-16-10(2)7-13(12)17-15/h7-8,11H,4-6,9,15H2,1-3H3,(H,16,17). The van der Waals surface area contributed by atoms with Crippen LogP contribution in [0.15, 0.2) is 12.3 Å². The monoisotopic (exact) mass is 277 g/mol. The molecule has 110 valence electrons. The lowest BCUT2D eigenvalue weighted by Crippen LogP contribution is -2.53. The fourth-order valence-corrected chi connectivity index (χ4v) is 2.59. The third-order valence-corrected chi connectivity index (χ3v) is 3.96. The van der Waals surface area contributed by atoms with Gasteiger partial charge in [-0.05, 0) is 26.5 Å². The zero-order valence-corrected chi connectivity index (χ0v) is 12.4. The SMILES string of the molecule is CCC1CN(C(=O)c2cnc(C)cc2NN)CCN1C. The molecule has 2 rings (SSSR count). The predicted octanol–water partition coefficient (Wildman–Crippen LogP) is 0.842. The number of carbonyl (C=O) groups excluding carboxylic acids is 1. The number of pyridine rings is 1. The molecule has 1 fully saturated rings. The van der Waals surface area contributed by atoms with E-state index in [1.54, 1.807) is 12.3 Å². The van der Waals surface area contributed by atoms with Crippen molar-refractivity contribution >= 4 is 11.6 Å². The highest BCUT2D eigenvalue weighted by Gasteiger charge is 2.27. The Labute approximate surface area is 119 Å². The molecule has 6 heteroatoms. The number of nitrogens with zero attached hydrogens (tertiary/aromatic N) is 3. The van der Waals surface area contributed by atoms with Gasteiger partial charge in [0.25, 0.3) is 5.91 Å². The number of rotatable bonds is 3. The summed E-state index contributed by atoms with van der Waals surface area (Å²) in [6.07, 6.45) is 2.64. The minimum absolute atomic E-state index is 0.00278. The van der Waals surface area contributed by atoms with Gasteiger partial charge in [-0.1, -0.05) is 6.92 Å². The number of nitrogens with one attached hydrogen (secondary N) is 1. The molecule has 1 saturated heterocycles. The van der Waals surface area contributed by atoms with Crippen LogP contribution in [0, 0.1) is 6.92 Å². The topological polar surface area (TPSA) is 74.5 Å². The molecule has 1 unspecified atom stereocenters. The van der Waals surface area contributed by atoms with Crippen LogP contribution in [0.4, 0.5) is 5.69 Å². The number of aryl methyl sites for hydroxylation is 1. The smallest absolute Gasteiger partial charge is 0.257 e. The number of hydrogen-bond donors (Lipinski definition) is 2. The average molecular weight is 277 g/mol. The normalized spacial score (nSPS) is 20.0. The second-order valence-electron chi connectivity index (χ2n) is 5.31. The van der Waals surface area contributed by atoms with E-state index in [9.17, 15) is 4.79 Å². The van der Waals surface area contributed by atoms with E-state index < -0.39 is 0 Å². The molecule has 6 nitrogen and oxygen atoms in total. The maximum Gasteiger partial charge on any atom is 0.257 e. The first kappa shape index (κ1) is 14.7. The largest absolute Gasteiger partial charge is 0.336 e.